The smallest absolute Gasteiger partial charge is 0.290 e. The van der Waals surface area contributed by atoms with Gasteiger partial charge in [-0.3, -0.25) is 25.2 Å². The zero-order valence-electron chi connectivity index (χ0n) is 17.1. The number of nitrogens with zero attached hydrogens (tertiary/aromatic N) is 2. The molecule has 0 saturated heterocycles. The molecule has 30 heavy (non-hydrogen) atoms. The van der Waals surface area contributed by atoms with Crippen molar-refractivity contribution in [3.63, 3.8) is 0 Å². The zero-order chi connectivity index (χ0) is 21.3. The van der Waals surface area contributed by atoms with Crippen molar-refractivity contribution in [1.29, 1.82) is 0 Å². The van der Waals surface area contributed by atoms with Gasteiger partial charge in [-0.05, 0) is 38.8 Å². The van der Waals surface area contributed by atoms with Crippen LogP contribution in [0, 0.1) is 13.8 Å². The van der Waals surface area contributed by atoms with Gasteiger partial charge in [-0.1, -0.05) is 37.5 Å². The molecule has 1 aromatic carbocycles. The molecule has 0 unspecified atom stereocenters. The normalized spacial score (nSPS) is 14.6. The number of aromatic nitrogens is 3. The van der Waals surface area contributed by atoms with Crippen molar-refractivity contribution < 1.29 is 9.59 Å². The van der Waals surface area contributed by atoms with Gasteiger partial charge in [-0.25, -0.2) is 5.10 Å². The minimum Gasteiger partial charge on any atom is -0.345 e. The van der Waals surface area contributed by atoms with Crippen LogP contribution in [0.25, 0.3) is 10.8 Å². The van der Waals surface area contributed by atoms with Crippen LogP contribution in [0.5, 0.6) is 0 Å². The molecule has 156 valence electrons. The Labute approximate surface area is 173 Å². The van der Waals surface area contributed by atoms with Gasteiger partial charge < -0.3 is 4.57 Å². The molecule has 4 rings (SSSR count). The van der Waals surface area contributed by atoms with Gasteiger partial charge in [0.15, 0.2) is 5.69 Å². The van der Waals surface area contributed by atoms with E-state index in [1.807, 2.05) is 19.9 Å². The summed E-state index contributed by atoms with van der Waals surface area (Å²) in [5.41, 5.74) is 7.04. The number of rotatable bonds is 3. The number of carbonyl (C=O) groups is 2. The quantitative estimate of drug-likeness (QED) is 0.580. The number of benzene rings is 1. The van der Waals surface area contributed by atoms with E-state index in [1.165, 1.54) is 19.3 Å². The minimum atomic E-state index is -0.600. The van der Waals surface area contributed by atoms with Gasteiger partial charge in [0.1, 0.15) is 0 Å². The average Bonchev–Trinajstić information content (AvgIpc) is 3.07. The Morgan fingerprint density at radius 3 is 2.43 bits per heavy atom. The van der Waals surface area contributed by atoms with E-state index in [1.54, 1.807) is 24.3 Å². The lowest BCUT2D eigenvalue weighted by Crippen LogP contribution is -2.42. The summed E-state index contributed by atoms with van der Waals surface area (Å²) in [6, 6.07) is 8.98. The first kappa shape index (κ1) is 19.9. The molecule has 3 N–H and O–H groups in total. The Hall–Kier alpha value is -3.42. The molecule has 2 heterocycles. The number of aryl methyl sites for hydroxylation is 1. The van der Waals surface area contributed by atoms with Crippen molar-refractivity contribution in [3.8, 4) is 0 Å². The zero-order valence-corrected chi connectivity index (χ0v) is 17.1. The second kappa shape index (κ2) is 8.14. The van der Waals surface area contributed by atoms with Gasteiger partial charge in [-0.2, -0.15) is 5.10 Å². The maximum Gasteiger partial charge on any atom is 0.290 e. The second-order valence-electron chi connectivity index (χ2n) is 7.80. The van der Waals surface area contributed by atoms with Gasteiger partial charge in [-0.15, -0.1) is 0 Å². The number of aromatic amines is 1. The predicted octanol–water partition coefficient (Wildman–Crippen LogP) is 2.92. The minimum absolute atomic E-state index is 0.0400. The number of H-pyrrole nitrogens is 1. The summed E-state index contributed by atoms with van der Waals surface area (Å²) >= 11 is 0. The lowest BCUT2D eigenvalue weighted by molar-refractivity contribution is 0.0844. The molecule has 0 bridgehead atoms. The molecule has 0 aliphatic heterocycles. The molecule has 1 saturated carbocycles. The van der Waals surface area contributed by atoms with Crippen LogP contribution in [0.3, 0.4) is 0 Å². The summed E-state index contributed by atoms with van der Waals surface area (Å²) in [7, 11) is 0. The molecule has 0 atom stereocenters. The lowest BCUT2D eigenvalue weighted by atomic mass is 9.95. The van der Waals surface area contributed by atoms with Crippen LogP contribution in [0.2, 0.25) is 0 Å². The summed E-state index contributed by atoms with van der Waals surface area (Å²) in [5, 5.41) is 6.95. The predicted molar refractivity (Wildman–Crippen MR) is 113 cm³/mol. The summed E-state index contributed by atoms with van der Waals surface area (Å²) in [6.07, 6.45) is 5.93. The molecule has 2 aromatic heterocycles. The monoisotopic (exact) mass is 407 g/mol. The number of hydrazine groups is 1. The van der Waals surface area contributed by atoms with Crippen LogP contribution in [0.1, 0.15) is 70.4 Å². The van der Waals surface area contributed by atoms with Crippen molar-refractivity contribution in [2.45, 2.75) is 52.0 Å². The topological polar surface area (TPSA) is 109 Å². The van der Waals surface area contributed by atoms with E-state index in [-0.39, 0.29) is 17.2 Å². The standard InChI is InChI=1S/C22H25N5O3/c1-13-12-18(14(2)27(13)15-8-4-3-5-9-15)21(29)25-26-22(30)19-16-10-6-7-11-17(16)20(28)24-23-19/h6-7,10-12,15H,3-5,8-9H2,1-2H3,(H,24,28)(H,25,29)(H,26,30). The first-order valence-electron chi connectivity index (χ1n) is 10.2. The number of hydrogen-bond donors (Lipinski definition) is 3. The van der Waals surface area contributed by atoms with Crippen molar-refractivity contribution in [2.24, 2.45) is 0 Å². The second-order valence-corrected chi connectivity index (χ2v) is 7.80. The van der Waals surface area contributed by atoms with Crippen LogP contribution in [0.15, 0.2) is 35.1 Å². The summed E-state index contributed by atoms with van der Waals surface area (Å²) in [6.45, 7) is 3.95. The highest BCUT2D eigenvalue weighted by Gasteiger charge is 2.23. The number of carbonyl (C=O) groups excluding carboxylic acids is 2. The van der Waals surface area contributed by atoms with E-state index in [2.05, 4.69) is 25.6 Å². The average molecular weight is 407 g/mol. The molecule has 1 aliphatic rings. The Morgan fingerprint density at radius 2 is 1.70 bits per heavy atom. The Morgan fingerprint density at radius 1 is 1.03 bits per heavy atom. The lowest BCUT2D eigenvalue weighted by Gasteiger charge is -2.26. The Bertz CT molecular complexity index is 1170. The van der Waals surface area contributed by atoms with Crippen molar-refractivity contribution in [2.75, 3.05) is 0 Å². The molecular weight excluding hydrogens is 382 g/mol. The molecule has 0 radical (unpaired) electrons. The maximum absolute atomic E-state index is 12.7. The molecule has 8 heteroatoms. The van der Waals surface area contributed by atoms with Gasteiger partial charge in [0.05, 0.1) is 10.9 Å². The number of amides is 2. The van der Waals surface area contributed by atoms with E-state index >= 15 is 0 Å². The highest BCUT2D eigenvalue weighted by molar-refractivity contribution is 6.06. The fourth-order valence-electron chi connectivity index (χ4n) is 4.44. The SMILES string of the molecule is Cc1cc(C(=O)NNC(=O)c2n[nH]c(=O)c3ccccc23)c(C)n1C1CCCCC1. The van der Waals surface area contributed by atoms with Crippen LogP contribution >= 0.6 is 0 Å². The Balaban J connectivity index is 1.51. The van der Waals surface area contributed by atoms with E-state index in [9.17, 15) is 14.4 Å². The third kappa shape index (κ3) is 3.60. The van der Waals surface area contributed by atoms with E-state index in [0.29, 0.717) is 22.4 Å². The largest absolute Gasteiger partial charge is 0.345 e. The van der Waals surface area contributed by atoms with Crippen molar-refractivity contribution >= 4 is 22.6 Å². The molecule has 1 aliphatic carbocycles. The molecule has 1 fully saturated rings. The van der Waals surface area contributed by atoms with E-state index < -0.39 is 5.91 Å². The van der Waals surface area contributed by atoms with Gasteiger partial charge in [0.25, 0.3) is 17.4 Å². The fourth-order valence-corrected chi connectivity index (χ4v) is 4.44. The third-order valence-corrected chi connectivity index (χ3v) is 5.87. The molecule has 8 nitrogen and oxygen atoms in total. The summed E-state index contributed by atoms with van der Waals surface area (Å²) in [5.74, 6) is -0.982. The van der Waals surface area contributed by atoms with Gasteiger partial charge in [0, 0.05) is 22.8 Å². The molecular formula is C22H25N5O3. The summed E-state index contributed by atoms with van der Waals surface area (Å²) < 4.78 is 2.24. The van der Waals surface area contributed by atoms with Gasteiger partial charge >= 0.3 is 0 Å². The number of hydrogen-bond acceptors (Lipinski definition) is 4. The molecule has 0 spiro atoms. The maximum atomic E-state index is 12.7. The highest BCUT2D eigenvalue weighted by Crippen LogP contribution is 2.32. The van der Waals surface area contributed by atoms with Crippen LogP contribution < -0.4 is 16.4 Å². The van der Waals surface area contributed by atoms with Crippen molar-refractivity contribution in [3.05, 3.63) is 63.3 Å². The van der Waals surface area contributed by atoms with Crippen LogP contribution in [-0.2, 0) is 0 Å². The van der Waals surface area contributed by atoms with Crippen molar-refractivity contribution in [1.82, 2.24) is 25.6 Å². The van der Waals surface area contributed by atoms with Crippen LogP contribution in [0.4, 0.5) is 0 Å². The van der Waals surface area contributed by atoms with Crippen LogP contribution in [-0.4, -0.2) is 26.6 Å². The number of fused-ring (bicyclic) bond motifs is 1. The van der Waals surface area contributed by atoms with E-state index in [0.717, 1.165) is 24.2 Å². The third-order valence-electron chi connectivity index (χ3n) is 5.87. The fraction of sp³-hybridized carbons (Fsp3) is 0.364. The van der Waals surface area contributed by atoms with Gasteiger partial charge in [0.2, 0.25) is 0 Å². The highest BCUT2D eigenvalue weighted by atomic mass is 16.2. The molecule has 2 amide bonds. The first-order chi connectivity index (χ1) is 14.5. The Kier molecular flexibility index (Phi) is 5.39. The summed E-state index contributed by atoms with van der Waals surface area (Å²) in [4.78, 5) is 37.2. The molecule has 3 aromatic rings. The first-order valence-corrected chi connectivity index (χ1v) is 10.2. The van der Waals surface area contributed by atoms with E-state index in [4.69, 9.17) is 0 Å². The number of nitrogens with one attached hydrogen (secondary N) is 3.